The molecule has 0 saturated carbocycles. The van der Waals surface area contributed by atoms with E-state index in [0.29, 0.717) is 12.3 Å². The Morgan fingerprint density at radius 1 is 1.42 bits per heavy atom. The lowest BCUT2D eigenvalue weighted by molar-refractivity contribution is 0.402. The van der Waals surface area contributed by atoms with Gasteiger partial charge in [0.2, 0.25) is 5.09 Å². The van der Waals surface area contributed by atoms with Crippen LogP contribution in [0.3, 0.4) is 0 Å². The van der Waals surface area contributed by atoms with E-state index in [1.807, 2.05) is 0 Å². The quantitative estimate of drug-likeness (QED) is 0.636. The Morgan fingerprint density at radius 3 is 2.89 bits per heavy atom. The lowest BCUT2D eigenvalue weighted by Crippen LogP contribution is -2.15. The van der Waals surface area contributed by atoms with Crippen LogP contribution in [-0.4, -0.2) is 24.9 Å². The fraction of sp³-hybridized carbons (Fsp3) is 0.364. The monoisotopic (exact) mass is 284 g/mol. The van der Waals surface area contributed by atoms with Crippen molar-refractivity contribution >= 4 is 10.0 Å². The Hall–Kier alpha value is -1.64. The van der Waals surface area contributed by atoms with E-state index in [2.05, 4.69) is 15.3 Å². The number of aromatic amines is 1. The van der Waals surface area contributed by atoms with Gasteiger partial charge in [0.1, 0.15) is 11.6 Å². The van der Waals surface area contributed by atoms with Crippen LogP contribution in [0.4, 0.5) is 0 Å². The third kappa shape index (κ3) is 4.19. The van der Waals surface area contributed by atoms with Crippen LogP contribution in [0.1, 0.15) is 18.0 Å². The van der Waals surface area contributed by atoms with E-state index in [4.69, 9.17) is 9.56 Å². The molecule has 7 nitrogen and oxygen atoms in total. The minimum atomic E-state index is -3.75. The first-order valence-electron chi connectivity index (χ1n) is 5.86. The van der Waals surface area contributed by atoms with Gasteiger partial charge in [-0.05, 0) is 25.1 Å². The van der Waals surface area contributed by atoms with Gasteiger partial charge in [-0.3, -0.25) is 0 Å². The molecule has 0 aromatic carbocycles. The average Bonchev–Trinajstić information content (AvgIpc) is 2.97. The van der Waals surface area contributed by atoms with Crippen LogP contribution in [0.15, 0.2) is 34.0 Å². The van der Waals surface area contributed by atoms with Gasteiger partial charge in [-0.25, -0.2) is 18.5 Å². The maximum atomic E-state index is 11.0. The van der Waals surface area contributed by atoms with E-state index in [-0.39, 0.29) is 5.09 Å². The number of primary sulfonamides is 1. The number of imidazole rings is 1. The minimum Gasteiger partial charge on any atom is -0.447 e. The number of hydrogen-bond acceptors (Lipinski definition) is 5. The van der Waals surface area contributed by atoms with Gasteiger partial charge in [-0.2, -0.15) is 0 Å². The van der Waals surface area contributed by atoms with Crippen molar-refractivity contribution in [2.75, 3.05) is 6.54 Å². The molecule has 0 fully saturated rings. The van der Waals surface area contributed by atoms with Crippen molar-refractivity contribution in [1.29, 1.82) is 0 Å². The summed E-state index contributed by atoms with van der Waals surface area (Å²) in [6.45, 7) is 1.25. The first kappa shape index (κ1) is 13.8. The zero-order chi connectivity index (χ0) is 13.7. The van der Waals surface area contributed by atoms with Gasteiger partial charge in [-0.1, -0.05) is 0 Å². The van der Waals surface area contributed by atoms with E-state index < -0.39 is 10.0 Å². The van der Waals surface area contributed by atoms with Crippen LogP contribution in [-0.2, 0) is 23.0 Å². The van der Waals surface area contributed by atoms with Gasteiger partial charge >= 0.3 is 0 Å². The molecule has 0 aliphatic rings. The molecule has 19 heavy (non-hydrogen) atoms. The number of H-pyrrole nitrogens is 1. The van der Waals surface area contributed by atoms with E-state index in [1.165, 1.54) is 6.07 Å². The Balaban J connectivity index is 1.70. The number of furan rings is 1. The number of nitrogens with zero attached hydrogens (tertiary/aromatic N) is 1. The summed E-state index contributed by atoms with van der Waals surface area (Å²) in [5, 5.41) is 7.90. The lowest BCUT2D eigenvalue weighted by atomic mass is 10.3. The van der Waals surface area contributed by atoms with Crippen molar-refractivity contribution in [3.63, 3.8) is 0 Å². The van der Waals surface area contributed by atoms with Crippen LogP contribution >= 0.6 is 0 Å². The lowest BCUT2D eigenvalue weighted by Gasteiger charge is -2.01. The number of aromatic nitrogens is 2. The van der Waals surface area contributed by atoms with Crippen LogP contribution in [0.5, 0.6) is 0 Å². The molecule has 0 aliphatic carbocycles. The standard InChI is InChI=1S/C11H16N4O3S/c12-19(16,17)11-4-3-9(18-11)8-13-5-1-2-10-14-6-7-15-10/h3-4,6-7,13H,1-2,5,8H2,(H,14,15)(H2,12,16,17). The van der Waals surface area contributed by atoms with Gasteiger partial charge in [0.05, 0.1) is 6.54 Å². The zero-order valence-corrected chi connectivity index (χ0v) is 11.1. The van der Waals surface area contributed by atoms with Crippen LogP contribution in [0.25, 0.3) is 0 Å². The van der Waals surface area contributed by atoms with Crippen molar-refractivity contribution < 1.29 is 12.8 Å². The van der Waals surface area contributed by atoms with Gasteiger partial charge in [0, 0.05) is 18.8 Å². The molecular formula is C11H16N4O3S. The van der Waals surface area contributed by atoms with E-state index >= 15 is 0 Å². The fourth-order valence-electron chi connectivity index (χ4n) is 1.63. The van der Waals surface area contributed by atoms with E-state index in [1.54, 1.807) is 18.5 Å². The first-order chi connectivity index (χ1) is 9.05. The molecule has 2 aromatic rings. The minimum absolute atomic E-state index is 0.208. The molecule has 0 bridgehead atoms. The van der Waals surface area contributed by atoms with Crippen molar-refractivity contribution in [1.82, 2.24) is 15.3 Å². The molecule has 0 saturated heterocycles. The number of sulfonamides is 1. The second-order valence-corrected chi connectivity index (χ2v) is 5.57. The molecule has 0 aliphatic heterocycles. The summed E-state index contributed by atoms with van der Waals surface area (Å²) in [7, 11) is -3.75. The molecule has 104 valence electrons. The molecule has 8 heteroatoms. The maximum Gasteiger partial charge on any atom is 0.271 e. The van der Waals surface area contributed by atoms with Crippen molar-refractivity contribution in [3.8, 4) is 0 Å². The molecule has 0 amide bonds. The van der Waals surface area contributed by atoms with E-state index in [0.717, 1.165) is 25.2 Å². The fourth-order valence-corrected chi connectivity index (χ4v) is 2.11. The molecular weight excluding hydrogens is 268 g/mol. The second-order valence-electron chi connectivity index (χ2n) is 4.08. The summed E-state index contributed by atoms with van der Waals surface area (Å²) in [4.78, 5) is 7.15. The highest BCUT2D eigenvalue weighted by molar-refractivity contribution is 7.89. The number of nitrogens with two attached hydrogens (primary N) is 1. The van der Waals surface area contributed by atoms with Crippen LogP contribution in [0, 0.1) is 0 Å². The van der Waals surface area contributed by atoms with Crippen molar-refractivity contribution in [2.24, 2.45) is 5.14 Å². The van der Waals surface area contributed by atoms with Gasteiger partial charge in [0.15, 0.2) is 0 Å². The topological polar surface area (TPSA) is 114 Å². The molecule has 0 radical (unpaired) electrons. The summed E-state index contributed by atoms with van der Waals surface area (Å²) >= 11 is 0. The molecule has 2 heterocycles. The molecule has 4 N–H and O–H groups in total. The predicted molar refractivity (Wildman–Crippen MR) is 68.7 cm³/mol. The number of nitrogens with one attached hydrogen (secondary N) is 2. The molecule has 0 spiro atoms. The number of rotatable bonds is 7. The Kier molecular flexibility index (Phi) is 4.35. The predicted octanol–water partition coefficient (Wildman–Crippen LogP) is 0.372. The van der Waals surface area contributed by atoms with Gasteiger partial charge in [0.25, 0.3) is 10.0 Å². The second kappa shape index (κ2) is 6.00. The molecule has 0 unspecified atom stereocenters. The normalized spacial score (nSPS) is 11.8. The largest absolute Gasteiger partial charge is 0.447 e. The van der Waals surface area contributed by atoms with Crippen molar-refractivity contribution in [3.05, 3.63) is 36.1 Å². The highest BCUT2D eigenvalue weighted by Gasteiger charge is 2.12. The maximum absolute atomic E-state index is 11.0. The Morgan fingerprint density at radius 2 is 2.26 bits per heavy atom. The third-order valence-corrected chi connectivity index (χ3v) is 3.32. The number of hydrogen-bond donors (Lipinski definition) is 3. The number of aryl methyl sites for hydroxylation is 1. The summed E-state index contributed by atoms with van der Waals surface area (Å²) in [6, 6.07) is 2.95. The zero-order valence-electron chi connectivity index (χ0n) is 10.3. The summed E-state index contributed by atoms with van der Waals surface area (Å²) in [6.07, 6.45) is 5.30. The first-order valence-corrected chi connectivity index (χ1v) is 7.41. The van der Waals surface area contributed by atoms with Gasteiger partial charge in [-0.15, -0.1) is 0 Å². The van der Waals surface area contributed by atoms with Crippen molar-refractivity contribution in [2.45, 2.75) is 24.5 Å². The summed E-state index contributed by atoms with van der Waals surface area (Å²) in [5.74, 6) is 1.50. The Labute approximate surface area is 111 Å². The van der Waals surface area contributed by atoms with Gasteiger partial charge < -0.3 is 14.7 Å². The highest BCUT2D eigenvalue weighted by Crippen LogP contribution is 2.11. The molecule has 0 atom stereocenters. The third-order valence-electron chi connectivity index (χ3n) is 2.54. The van der Waals surface area contributed by atoms with Crippen LogP contribution in [0.2, 0.25) is 0 Å². The SMILES string of the molecule is NS(=O)(=O)c1ccc(CNCCCc2ncc[nH]2)o1. The smallest absolute Gasteiger partial charge is 0.271 e. The molecule has 2 aromatic heterocycles. The Bertz CT molecular complexity index is 604. The van der Waals surface area contributed by atoms with Crippen LogP contribution < -0.4 is 10.5 Å². The average molecular weight is 284 g/mol. The highest BCUT2D eigenvalue weighted by atomic mass is 32.2. The molecule has 2 rings (SSSR count). The van der Waals surface area contributed by atoms with E-state index in [9.17, 15) is 8.42 Å². The summed E-state index contributed by atoms with van der Waals surface area (Å²) in [5.41, 5.74) is 0. The summed E-state index contributed by atoms with van der Waals surface area (Å²) < 4.78 is 27.1.